The van der Waals surface area contributed by atoms with Crippen molar-refractivity contribution >= 4 is 11.7 Å². The predicted octanol–water partition coefficient (Wildman–Crippen LogP) is 4.13. The molecule has 0 atom stereocenters. The molecule has 3 nitrogen and oxygen atoms in total. The van der Waals surface area contributed by atoms with Crippen molar-refractivity contribution in [2.75, 3.05) is 18.4 Å². The maximum Gasteiger partial charge on any atom is 0.416 e. The van der Waals surface area contributed by atoms with Crippen LogP contribution in [0.25, 0.3) is 0 Å². The Balaban J connectivity index is 2.31. The van der Waals surface area contributed by atoms with Gasteiger partial charge in [-0.25, -0.2) is 4.79 Å². The number of anilines is 1. The van der Waals surface area contributed by atoms with Gasteiger partial charge in [-0.3, -0.25) is 0 Å². The smallest absolute Gasteiger partial charge is 0.317 e. The minimum absolute atomic E-state index is 0.00701. The molecule has 9 heteroatoms. The highest BCUT2D eigenvalue weighted by atomic mass is 19.4. The molecular weight excluding hydrogens is 314 g/mol. The summed E-state index contributed by atoms with van der Waals surface area (Å²) in [5.41, 5.74) is -3.51. The van der Waals surface area contributed by atoms with Gasteiger partial charge < -0.3 is 10.2 Å². The van der Waals surface area contributed by atoms with E-state index in [2.05, 4.69) is 5.32 Å². The van der Waals surface area contributed by atoms with E-state index < -0.39 is 35.2 Å². The molecular formula is C13H10F6N2O. The van der Waals surface area contributed by atoms with E-state index in [-0.39, 0.29) is 19.2 Å². The molecule has 0 radical (unpaired) electrons. The molecule has 0 saturated heterocycles. The predicted molar refractivity (Wildman–Crippen MR) is 66.2 cm³/mol. The Labute approximate surface area is 121 Å². The van der Waals surface area contributed by atoms with Crippen LogP contribution in [0, 0.1) is 0 Å². The van der Waals surface area contributed by atoms with Gasteiger partial charge in [-0.1, -0.05) is 12.2 Å². The Kier molecular flexibility index (Phi) is 4.08. The molecule has 1 aliphatic heterocycles. The van der Waals surface area contributed by atoms with E-state index in [4.69, 9.17) is 0 Å². The zero-order valence-electron chi connectivity index (χ0n) is 10.9. The molecule has 1 N–H and O–H groups in total. The van der Waals surface area contributed by atoms with Crippen LogP contribution in [0.15, 0.2) is 30.4 Å². The number of nitrogens with zero attached hydrogens (tertiary/aromatic N) is 1. The molecule has 1 aliphatic rings. The van der Waals surface area contributed by atoms with Crippen LogP contribution in [0.5, 0.6) is 0 Å². The first kappa shape index (κ1) is 16.2. The van der Waals surface area contributed by atoms with Gasteiger partial charge in [-0.05, 0) is 18.2 Å². The fraction of sp³-hybridized carbons (Fsp3) is 0.308. The van der Waals surface area contributed by atoms with E-state index in [1.165, 1.54) is 4.90 Å². The van der Waals surface area contributed by atoms with Crippen LogP contribution >= 0.6 is 0 Å². The van der Waals surface area contributed by atoms with Gasteiger partial charge in [0, 0.05) is 18.8 Å². The van der Waals surface area contributed by atoms with Crippen molar-refractivity contribution in [1.82, 2.24) is 4.90 Å². The summed E-state index contributed by atoms with van der Waals surface area (Å²) in [4.78, 5) is 13.0. The van der Waals surface area contributed by atoms with E-state index in [9.17, 15) is 31.1 Å². The van der Waals surface area contributed by atoms with Crippen molar-refractivity contribution in [2.45, 2.75) is 12.4 Å². The van der Waals surface area contributed by atoms with Gasteiger partial charge in [0.15, 0.2) is 0 Å². The van der Waals surface area contributed by atoms with Crippen molar-refractivity contribution in [2.24, 2.45) is 0 Å². The van der Waals surface area contributed by atoms with Gasteiger partial charge in [-0.15, -0.1) is 0 Å². The van der Waals surface area contributed by atoms with Crippen LogP contribution in [0.1, 0.15) is 11.1 Å². The molecule has 0 spiro atoms. The summed E-state index contributed by atoms with van der Waals surface area (Å²) in [6, 6.07) is 0.179. The summed E-state index contributed by atoms with van der Waals surface area (Å²) >= 11 is 0. The molecule has 2 amide bonds. The lowest BCUT2D eigenvalue weighted by molar-refractivity contribution is -0.143. The number of hydrogen-bond acceptors (Lipinski definition) is 1. The highest BCUT2D eigenvalue weighted by Gasteiger charge is 2.37. The Morgan fingerprint density at radius 1 is 0.909 bits per heavy atom. The van der Waals surface area contributed by atoms with E-state index in [1.54, 1.807) is 12.2 Å². The third-order valence-corrected chi connectivity index (χ3v) is 2.94. The number of nitrogens with one attached hydrogen (secondary N) is 1. The first-order chi connectivity index (χ1) is 10.1. The lowest BCUT2D eigenvalue weighted by Crippen LogP contribution is -2.32. The van der Waals surface area contributed by atoms with E-state index >= 15 is 0 Å². The summed E-state index contributed by atoms with van der Waals surface area (Å²) in [6.07, 6.45) is -6.58. The van der Waals surface area contributed by atoms with Gasteiger partial charge in [0.1, 0.15) is 0 Å². The Hall–Kier alpha value is -2.19. The first-order valence-electron chi connectivity index (χ1n) is 6.08. The molecule has 0 unspecified atom stereocenters. The van der Waals surface area contributed by atoms with Crippen LogP contribution in [0.4, 0.5) is 36.8 Å². The van der Waals surface area contributed by atoms with E-state index in [0.717, 1.165) is 0 Å². The molecule has 0 aliphatic carbocycles. The number of benzene rings is 1. The second-order valence-electron chi connectivity index (χ2n) is 4.60. The SMILES string of the molecule is O=C(Nc1cc(C(F)(F)F)cc(C(F)(F)F)c1)N1CC=CC1. The van der Waals surface area contributed by atoms with Crippen LogP contribution in [0.3, 0.4) is 0 Å². The second-order valence-corrected chi connectivity index (χ2v) is 4.60. The fourth-order valence-electron chi connectivity index (χ4n) is 1.87. The number of carbonyl (C=O) groups excluding carboxylic acids is 1. The van der Waals surface area contributed by atoms with Crippen LogP contribution in [-0.2, 0) is 12.4 Å². The zero-order valence-corrected chi connectivity index (χ0v) is 10.9. The summed E-state index contributed by atoms with van der Waals surface area (Å²) < 4.78 is 76.0. The molecule has 1 aromatic carbocycles. The minimum Gasteiger partial charge on any atom is -0.317 e. The van der Waals surface area contributed by atoms with Crippen LogP contribution in [-0.4, -0.2) is 24.0 Å². The molecule has 22 heavy (non-hydrogen) atoms. The lowest BCUT2D eigenvalue weighted by Gasteiger charge is -2.18. The maximum atomic E-state index is 12.7. The average molecular weight is 324 g/mol. The van der Waals surface area contributed by atoms with Crippen molar-refractivity contribution in [3.63, 3.8) is 0 Å². The largest absolute Gasteiger partial charge is 0.416 e. The van der Waals surface area contributed by atoms with Gasteiger partial charge in [0.2, 0.25) is 0 Å². The number of rotatable bonds is 1. The first-order valence-corrected chi connectivity index (χ1v) is 6.08. The van der Waals surface area contributed by atoms with Gasteiger partial charge in [0.05, 0.1) is 11.1 Å². The van der Waals surface area contributed by atoms with Crippen LogP contribution in [0.2, 0.25) is 0 Å². The Morgan fingerprint density at radius 3 is 1.77 bits per heavy atom. The summed E-state index contributed by atoms with van der Waals surface area (Å²) in [5.74, 6) is 0. The topological polar surface area (TPSA) is 32.3 Å². The second kappa shape index (κ2) is 5.54. The summed E-state index contributed by atoms with van der Waals surface area (Å²) in [7, 11) is 0. The maximum absolute atomic E-state index is 12.7. The molecule has 120 valence electrons. The third-order valence-electron chi connectivity index (χ3n) is 2.94. The molecule has 1 heterocycles. The molecule has 0 saturated carbocycles. The normalized spacial score (nSPS) is 15.3. The Bertz CT molecular complexity index is 565. The standard InChI is InChI=1S/C13H10F6N2O/c14-12(15,16)8-5-9(13(17,18)19)7-10(6-8)20-11(22)21-3-1-2-4-21/h1-2,5-7H,3-4H2,(H,20,22). The number of alkyl halides is 6. The molecule has 0 bridgehead atoms. The van der Waals surface area contributed by atoms with Gasteiger partial charge in [-0.2, -0.15) is 26.3 Å². The third kappa shape index (κ3) is 3.71. The number of halogens is 6. The highest BCUT2D eigenvalue weighted by Crippen LogP contribution is 2.37. The fourth-order valence-corrected chi connectivity index (χ4v) is 1.87. The van der Waals surface area contributed by atoms with Crippen molar-refractivity contribution in [3.8, 4) is 0 Å². The lowest BCUT2D eigenvalue weighted by atomic mass is 10.1. The van der Waals surface area contributed by atoms with E-state index in [0.29, 0.717) is 12.1 Å². The summed E-state index contributed by atoms with van der Waals surface area (Å²) in [5, 5.41) is 2.06. The molecule has 0 aromatic heterocycles. The molecule has 2 rings (SSSR count). The van der Waals surface area contributed by atoms with Gasteiger partial charge >= 0.3 is 18.4 Å². The van der Waals surface area contributed by atoms with Crippen molar-refractivity contribution < 1.29 is 31.1 Å². The van der Waals surface area contributed by atoms with Crippen molar-refractivity contribution in [1.29, 1.82) is 0 Å². The van der Waals surface area contributed by atoms with Gasteiger partial charge in [0.25, 0.3) is 0 Å². The van der Waals surface area contributed by atoms with E-state index in [1.807, 2.05) is 0 Å². The number of urea groups is 1. The van der Waals surface area contributed by atoms with Crippen LogP contribution < -0.4 is 5.32 Å². The quantitative estimate of drug-likeness (QED) is 0.611. The zero-order chi connectivity index (χ0) is 16.5. The Morgan fingerprint density at radius 2 is 1.36 bits per heavy atom. The molecule has 0 fully saturated rings. The average Bonchev–Trinajstić information content (AvgIpc) is 2.90. The number of carbonyl (C=O) groups is 1. The monoisotopic (exact) mass is 324 g/mol. The number of hydrogen-bond donors (Lipinski definition) is 1. The van der Waals surface area contributed by atoms with Crippen molar-refractivity contribution in [3.05, 3.63) is 41.5 Å². The minimum atomic E-state index is -4.95. The highest BCUT2D eigenvalue weighted by molar-refractivity contribution is 5.90. The number of amides is 2. The summed E-state index contributed by atoms with van der Waals surface area (Å²) in [6.45, 7) is 0.494. The molecule has 1 aromatic rings.